The highest BCUT2D eigenvalue weighted by Gasteiger charge is 2.14. The fourth-order valence-corrected chi connectivity index (χ4v) is 2.49. The Morgan fingerprint density at radius 1 is 1.35 bits per heavy atom. The van der Waals surface area contributed by atoms with Gasteiger partial charge in [-0.1, -0.05) is 6.92 Å². The van der Waals surface area contributed by atoms with E-state index in [0.717, 1.165) is 12.1 Å². The molecule has 1 rings (SSSR count). The van der Waals surface area contributed by atoms with Crippen LogP contribution in [0.15, 0.2) is 18.2 Å². The Bertz CT molecular complexity index is 488. The van der Waals surface area contributed by atoms with E-state index < -0.39 is 27.5 Å². The molecule has 0 bridgehead atoms. The summed E-state index contributed by atoms with van der Waals surface area (Å²) >= 11 is 0. The largest absolute Gasteiger partial charge is 0.379 e. The van der Waals surface area contributed by atoms with Gasteiger partial charge in [-0.15, -0.1) is 0 Å². The minimum atomic E-state index is -3.12. The van der Waals surface area contributed by atoms with Crippen molar-refractivity contribution in [2.45, 2.75) is 19.9 Å². The average Bonchev–Trinajstić information content (AvgIpc) is 2.21. The molecule has 0 amide bonds. The maximum absolute atomic E-state index is 13.3. The van der Waals surface area contributed by atoms with Gasteiger partial charge in [0.25, 0.3) is 0 Å². The van der Waals surface area contributed by atoms with Gasteiger partial charge in [0.05, 0.1) is 11.4 Å². The van der Waals surface area contributed by atoms with E-state index in [0.29, 0.717) is 0 Å². The molecule has 0 saturated carbocycles. The van der Waals surface area contributed by atoms with Gasteiger partial charge in [-0.2, -0.15) is 0 Å². The molecule has 1 atom stereocenters. The first-order valence-electron chi connectivity index (χ1n) is 5.26. The maximum Gasteiger partial charge on any atom is 0.152 e. The highest BCUT2D eigenvalue weighted by atomic mass is 32.2. The molecule has 1 N–H and O–H groups in total. The maximum atomic E-state index is 13.3. The second-order valence-corrected chi connectivity index (χ2v) is 6.27. The molecule has 6 heteroatoms. The van der Waals surface area contributed by atoms with Crippen molar-refractivity contribution in [1.82, 2.24) is 0 Å². The van der Waals surface area contributed by atoms with Crippen LogP contribution in [0.4, 0.5) is 14.5 Å². The first-order chi connectivity index (χ1) is 7.84. The van der Waals surface area contributed by atoms with Crippen LogP contribution in [0.2, 0.25) is 0 Å². The van der Waals surface area contributed by atoms with Crippen LogP contribution in [0.1, 0.15) is 13.8 Å². The third-order valence-electron chi connectivity index (χ3n) is 2.28. The molecule has 0 aromatic heterocycles. The number of halogens is 2. The highest BCUT2D eigenvalue weighted by Crippen LogP contribution is 2.16. The van der Waals surface area contributed by atoms with Gasteiger partial charge in [-0.25, -0.2) is 17.2 Å². The summed E-state index contributed by atoms with van der Waals surface area (Å²) in [5.41, 5.74) is 0.102. The summed E-state index contributed by atoms with van der Waals surface area (Å²) in [5, 5.41) is 2.71. The second kappa shape index (κ2) is 5.44. The predicted molar refractivity (Wildman–Crippen MR) is 63.8 cm³/mol. The molecule has 1 aromatic rings. The Kier molecular flexibility index (Phi) is 4.45. The van der Waals surface area contributed by atoms with E-state index in [2.05, 4.69) is 5.32 Å². The van der Waals surface area contributed by atoms with Crippen LogP contribution in [0.5, 0.6) is 0 Å². The SMILES string of the molecule is CCS(=O)(=O)CC(C)Nc1ccc(F)cc1F. The summed E-state index contributed by atoms with van der Waals surface area (Å²) in [6.07, 6.45) is 0. The highest BCUT2D eigenvalue weighted by molar-refractivity contribution is 7.91. The van der Waals surface area contributed by atoms with Crippen LogP contribution >= 0.6 is 0 Å². The summed E-state index contributed by atoms with van der Waals surface area (Å²) < 4.78 is 48.6. The molecular formula is C11H15F2NO2S. The molecule has 1 unspecified atom stereocenters. The summed E-state index contributed by atoms with van der Waals surface area (Å²) in [6, 6.07) is 2.69. The number of anilines is 1. The molecule has 0 fully saturated rings. The normalized spacial score (nSPS) is 13.4. The molecule has 1 aromatic carbocycles. The Hall–Kier alpha value is -1.17. The zero-order valence-electron chi connectivity index (χ0n) is 9.70. The quantitative estimate of drug-likeness (QED) is 0.886. The van der Waals surface area contributed by atoms with Crippen molar-refractivity contribution >= 4 is 15.5 Å². The number of benzene rings is 1. The average molecular weight is 263 g/mol. The van der Waals surface area contributed by atoms with Gasteiger partial charge in [-0.3, -0.25) is 0 Å². The first kappa shape index (κ1) is 13.9. The lowest BCUT2D eigenvalue weighted by Crippen LogP contribution is -2.27. The molecule has 17 heavy (non-hydrogen) atoms. The van der Waals surface area contributed by atoms with Crippen LogP contribution in [0.25, 0.3) is 0 Å². The molecule has 3 nitrogen and oxygen atoms in total. The number of rotatable bonds is 5. The molecular weight excluding hydrogens is 248 g/mol. The van der Waals surface area contributed by atoms with Crippen LogP contribution in [0, 0.1) is 11.6 Å². The zero-order valence-corrected chi connectivity index (χ0v) is 10.5. The van der Waals surface area contributed by atoms with Gasteiger partial charge in [0.15, 0.2) is 9.84 Å². The first-order valence-corrected chi connectivity index (χ1v) is 7.08. The van der Waals surface area contributed by atoms with Crippen molar-refractivity contribution in [3.63, 3.8) is 0 Å². The van der Waals surface area contributed by atoms with Crippen molar-refractivity contribution in [2.75, 3.05) is 16.8 Å². The lowest BCUT2D eigenvalue weighted by atomic mass is 10.2. The minimum Gasteiger partial charge on any atom is -0.379 e. The second-order valence-electron chi connectivity index (χ2n) is 3.87. The third-order valence-corrected chi connectivity index (χ3v) is 4.16. The summed E-state index contributed by atoms with van der Waals surface area (Å²) in [4.78, 5) is 0. The topological polar surface area (TPSA) is 46.2 Å². The molecule has 0 spiro atoms. The Balaban J connectivity index is 2.72. The monoisotopic (exact) mass is 263 g/mol. The molecule has 0 aliphatic rings. The van der Waals surface area contributed by atoms with E-state index in [4.69, 9.17) is 0 Å². The predicted octanol–water partition coefficient (Wildman–Crippen LogP) is 2.20. The van der Waals surface area contributed by atoms with Gasteiger partial charge in [0.2, 0.25) is 0 Å². The molecule has 96 valence electrons. The molecule has 0 aliphatic carbocycles. The van der Waals surface area contributed by atoms with E-state index in [1.54, 1.807) is 13.8 Å². The van der Waals surface area contributed by atoms with Gasteiger partial charge in [0.1, 0.15) is 11.6 Å². The molecule has 0 radical (unpaired) electrons. The molecule has 0 aliphatic heterocycles. The number of nitrogens with one attached hydrogen (secondary N) is 1. The van der Waals surface area contributed by atoms with E-state index in [-0.39, 0.29) is 17.2 Å². The summed E-state index contributed by atoms with van der Waals surface area (Å²) in [7, 11) is -3.12. The Morgan fingerprint density at radius 2 is 2.00 bits per heavy atom. The van der Waals surface area contributed by atoms with E-state index in [1.165, 1.54) is 6.07 Å². The van der Waals surface area contributed by atoms with Gasteiger partial charge < -0.3 is 5.32 Å². The third kappa shape index (κ3) is 4.30. The van der Waals surface area contributed by atoms with E-state index in [9.17, 15) is 17.2 Å². The van der Waals surface area contributed by atoms with Crippen molar-refractivity contribution in [1.29, 1.82) is 0 Å². The van der Waals surface area contributed by atoms with Crippen molar-refractivity contribution in [3.05, 3.63) is 29.8 Å². The lowest BCUT2D eigenvalue weighted by Gasteiger charge is -2.15. The van der Waals surface area contributed by atoms with Crippen molar-refractivity contribution < 1.29 is 17.2 Å². The summed E-state index contributed by atoms with van der Waals surface area (Å²) in [5.74, 6) is -1.43. The van der Waals surface area contributed by atoms with Crippen LogP contribution in [-0.2, 0) is 9.84 Å². The fraction of sp³-hybridized carbons (Fsp3) is 0.455. The van der Waals surface area contributed by atoms with Crippen LogP contribution in [0.3, 0.4) is 0 Å². The fourth-order valence-electron chi connectivity index (χ4n) is 1.41. The standard InChI is InChI=1S/C11H15F2NO2S/c1-3-17(15,16)7-8(2)14-11-5-4-9(12)6-10(11)13/h4-6,8,14H,3,7H2,1-2H3. The van der Waals surface area contributed by atoms with E-state index >= 15 is 0 Å². The van der Waals surface area contributed by atoms with Gasteiger partial charge in [-0.05, 0) is 19.1 Å². The number of hydrogen-bond donors (Lipinski definition) is 1. The minimum absolute atomic E-state index is 0.0465. The van der Waals surface area contributed by atoms with Crippen LogP contribution < -0.4 is 5.32 Å². The van der Waals surface area contributed by atoms with E-state index in [1.807, 2.05) is 0 Å². The molecule has 0 saturated heterocycles. The number of hydrogen-bond acceptors (Lipinski definition) is 3. The smallest absolute Gasteiger partial charge is 0.152 e. The van der Waals surface area contributed by atoms with Crippen molar-refractivity contribution in [2.24, 2.45) is 0 Å². The molecule has 0 heterocycles. The summed E-state index contributed by atoms with van der Waals surface area (Å²) in [6.45, 7) is 3.19. The van der Waals surface area contributed by atoms with Gasteiger partial charge in [0, 0.05) is 17.9 Å². The van der Waals surface area contributed by atoms with Gasteiger partial charge >= 0.3 is 0 Å². The number of sulfone groups is 1. The Labute approximate surface area is 99.8 Å². The van der Waals surface area contributed by atoms with Crippen LogP contribution in [-0.4, -0.2) is 26.0 Å². The lowest BCUT2D eigenvalue weighted by molar-refractivity contribution is 0.581. The van der Waals surface area contributed by atoms with Crippen molar-refractivity contribution in [3.8, 4) is 0 Å². The zero-order chi connectivity index (χ0) is 13.1. The Morgan fingerprint density at radius 3 is 2.53 bits per heavy atom.